The van der Waals surface area contributed by atoms with Crippen LogP contribution in [0.2, 0.25) is 5.02 Å². The molecule has 1 fully saturated rings. The second kappa shape index (κ2) is 6.84. The Morgan fingerprint density at radius 2 is 2.00 bits per heavy atom. The number of hydrogen-bond donors (Lipinski definition) is 0. The summed E-state index contributed by atoms with van der Waals surface area (Å²) in [5, 5.41) is 4.91. The maximum Gasteiger partial charge on any atom is 0.225 e. The second-order valence-electron chi connectivity index (χ2n) is 6.36. The molecular weight excluding hydrogens is 312 g/mol. The first kappa shape index (κ1) is 16.2. The van der Waals surface area contributed by atoms with E-state index in [0.29, 0.717) is 22.9 Å². The van der Waals surface area contributed by atoms with E-state index in [-0.39, 0.29) is 0 Å². The van der Waals surface area contributed by atoms with Crippen LogP contribution in [0.25, 0.3) is 0 Å². The minimum atomic E-state index is 0.382. The number of piperidine rings is 1. The summed E-state index contributed by atoms with van der Waals surface area (Å²) in [6.45, 7) is 2.03. The Balaban J connectivity index is 1.77. The smallest absolute Gasteiger partial charge is 0.225 e. The highest BCUT2D eigenvalue weighted by Gasteiger charge is 2.32. The summed E-state index contributed by atoms with van der Waals surface area (Å²) >= 11 is 5.87. The van der Waals surface area contributed by atoms with Crippen molar-refractivity contribution in [2.75, 3.05) is 32.1 Å². The lowest BCUT2D eigenvalue weighted by molar-refractivity contribution is 0.124. The fraction of sp³-hybridized carbons (Fsp3) is 0.562. The summed E-state index contributed by atoms with van der Waals surface area (Å²) in [5.74, 6) is 1.23. The number of anilines is 1. The van der Waals surface area contributed by atoms with Crippen molar-refractivity contribution < 1.29 is 0 Å². The molecule has 23 heavy (non-hydrogen) atoms. The molecule has 1 saturated heterocycles. The summed E-state index contributed by atoms with van der Waals surface area (Å²) in [4.78, 5) is 13.2. The Morgan fingerprint density at radius 3 is 2.65 bits per heavy atom. The highest BCUT2D eigenvalue weighted by Crippen LogP contribution is 2.35. The molecule has 0 aromatic carbocycles. The molecule has 6 nitrogen and oxygen atoms in total. The maximum absolute atomic E-state index is 5.87. The van der Waals surface area contributed by atoms with Crippen LogP contribution in [0.4, 0.5) is 5.95 Å². The van der Waals surface area contributed by atoms with E-state index in [9.17, 15) is 0 Å². The fourth-order valence-corrected chi connectivity index (χ4v) is 3.60. The molecule has 7 heteroatoms. The monoisotopic (exact) mass is 334 g/mol. The Bertz CT molecular complexity index is 640. The number of nitrogens with zero attached hydrogens (tertiary/aromatic N) is 6. The third-order valence-corrected chi connectivity index (χ3v) is 4.73. The van der Waals surface area contributed by atoms with E-state index in [4.69, 9.17) is 11.6 Å². The third-order valence-electron chi connectivity index (χ3n) is 4.53. The van der Waals surface area contributed by atoms with Gasteiger partial charge in [0.05, 0.1) is 23.6 Å². The van der Waals surface area contributed by atoms with Crippen molar-refractivity contribution in [1.82, 2.24) is 24.6 Å². The van der Waals surface area contributed by atoms with Crippen LogP contribution in [0.3, 0.4) is 0 Å². The minimum absolute atomic E-state index is 0.382. The molecule has 0 aliphatic carbocycles. The van der Waals surface area contributed by atoms with Gasteiger partial charge < -0.3 is 4.90 Å². The van der Waals surface area contributed by atoms with Gasteiger partial charge in [0.15, 0.2) is 0 Å². The first-order chi connectivity index (χ1) is 11.0. The molecule has 2 atom stereocenters. The Morgan fingerprint density at radius 1 is 1.26 bits per heavy atom. The van der Waals surface area contributed by atoms with Crippen molar-refractivity contribution >= 4 is 17.5 Å². The molecule has 2 aromatic rings. The number of aryl methyl sites for hydroxylation is 1. The van der Waals surface area contributed by atoms with Crippen LogP contribution in [0.15, 0.2) is 24.8 Å². The Kier molecular flexibility index (Phi) is 4.82. The normalized spacial score (nSPS) is 22.3. The zero-order valence-corrected chi connectivity index (χ0v) is 14.6. The summed E-state index contributed by atoms with van der Waals surface area (Å²) < 4.78 is 1.88. The molecular formula is C16H23ClN6. The van der Waals surface area contributed by atoms with Gasteiger partial charge in [-0.2, -0.15) is 5.10 Å². The molecule has 3 heterocycles. The summed E-state index contributed by atoms with van der Waals surface area (Å²) in [6, 6.07) is 0.382. The predicted molar refractivity (Wildman–Crippen MR) is 91.6 cm³/mol. The van der Waals surface area contributed by atoms with Crippen LogP contribution >= 0.6 is 11.6 Å². The van der Waals surface area contributed by atoms with Crippen LogP contribution < -0.4 is 4.90 Å². The summed E-state index contributed by atoms with van der Waals surface area (Å²) in [7, 11) is 6.20. The Labute approximate surface area is 142 Å². The molecule has 3 rings (SSSR count). The number of hydrogen-bond acceptors (Lipinski definition) is 5. The van der Waals surface area contributed by atoms with Gasteiger partial charge in [-0.1, -0.05) is 11.6 Å². The standard InChI is InChI=1S/C16H23ClN6/c1-21-6-4-5-12(15(21)13-7-20-23(3)11-13)10-22(2)16-18-8-14(17)9-19-16/h7-9,11-12,15H,4-6,10H2,1-3H3/t12-,15+/m0/s1. The largest absolute Gasteiger partial charge is 0.344 e. The number of likely N-dealkylation sites (tertiary alicyclic amines) is 1. The first-order valence-electron chi connectivity index (χ1n) is 7.92. The van der Waals surface area contributed by atoms with Crippen LogP contribution in [0, 0.1) is 5.92 Å². The molecule has 0 saturated carbocycles. The van der Waals surface area contributed by atoms with Crippen LogP contribution in [0.5, 0.6) is 0 Å². The van der Waals surface area contributed by atoms with E-state index in [0.717, 1.165) is 13.1 Å². The fourth-order valence-electron chi connectivity index (χ4n) is 3.51. The first-order valence-corrected chi connectivity index (χ1v) is 8.30. The van der Waals surface area contributed by atoms with Crippen LogP contribution in [-0.2, 0) is 7.05 Å². The molecule has 1 aliphatic heterocycles. The molecule has 0 unspecified atom stereocenters. The molecule has 0 N–H and O–H groups in total. The molecule has 1 aliphatic rings. The zero-order valence-electron chi connectivity index (χ0n) is 13.9. The lowest BCUT2D eigenvalue weighted by atomic mass is 9.86. The van der Waals surface area contributed by atoms with Crippen molar-refractivity contribution in [2.45, 2.75) is 18.9 Å². The van der Waals surface area contributed by atoms with Gasteiger partial charge in [-0.05, 0) is 32.4 Å². The van der Waals surface area contributed by atoms with Gasteiger partial charge in [-0.25, -0.2) is 9.97 Å². The molecule has 0 spiro atoms. The molecule has 0 amide bonds. The van der Waals surface area contributed by atoms with Gasteiger partial charge in [-0.15, -0.1) is 0 Å². The number of rotatable bonds is 4. The SMILES string of the molecule is CN(C[C@@H]1CCCN(C)[C@H]1c1cnn(C)c1)c1ncc(Cl)cn1. The van der Waals surface area contributed by atoms with E-state index in [2.05, 4.69) is 38.1 Å². The van der Waals surface area contributed by atoms with Crippen LogP contribution in [-0.4, -0.2) is 51.8 Å². The van der Waals surface area contributed by atoms with E-state index >= 15 is 0 Å². The van der Waals surface area contributed by atoms with Gasteiger partial charge >= 0.3 is 0 Å². The van der Waals surface area contributed by atoms with E-state index < -0.39 is 0 Å². The number of aromatic nitrogens is 4. The zero-order chi connectivity index (χ0) is 16.4. The maximum atomic E-state index is 5.87. The highest BCUT2D eigenvalue weighted by atomic mass is 35.5. The van der Waals surface area contributed by atoms with E-state index in [1.807, 2.05) is 25.0 Å². The summed E-state index contributed by atoms with van der Waals surface area (Å²) in [6.07, 6.45) is 9.81. The predicted octanol–water partition coefficient (Wildman–Crippen LogP) is 2.38. The van der Waals surface area contributed by atoms with Crippen molar-refractivity contribution in [3.8, 4) is 0 Å². The van der Waals surface area contributed by atoms with Gasteiger partial charge in [-0.3, -0.25) is 9.58 Å². The Hall–Kier alpha value is -1.66. The summed E-state index contributed by atoms with van der Waals surface area (Å²) in [5.41, 5.74) is 1.28. The van der Waals surface area contributed by atoms with Crippen molar-refractivity contribution in [3.63, 3.8) is 0 Å². The number of halogens is 1. The van der Waals surface area contributed by atoms with Gasteiger partial charge in [0.2, 0.25) is 5.95 Å². The highest BCUT2D eigenvalue weighted by molar-refractivity contribution is 6.30. The third kappa shape index (κ3) is 3.64. The van der Waals surface area contributed by atoms with E-state index in [1.54, 1.807) is 12.4 Å². The van der Waals surface area contributed by atoms with Crippen LogP contribution in [0.1, 0.15) is 24.4 Å². The van der Waals surface area contributed by atoms with Gasteiger partial charge in [0.1, 0.15) is 0 Å². The lowest BCUT2D eigenvalue weighted by Gasteiger charge is -2.40. The topological polar surface area (TPSA) is 50.1 Å². The molecule has 0 radical (unpaired) electrons. The van der Waals surface area contributed by atoms with Crippen molar-refractivity contribution in [1.29, 1.82) is 0 Å². The average Bonchev–Trinajstić information content (AvgIpc) is 2.94. The van der Waals surface area contributed by atoms with Gasteiger partial charge in [0.25, 0.3) is 0 Å². The van der Waals surface area contributed by atoms with Crippen molar-refractivity contribution in [2.24, 2.45) is 13.0 Å². The quantitative estimate of drug-likeness (QED) is 0.859. The lowest BCUT2D eigenvalue weighted by Crippen LogP contribution is -2.41. The van der Waals surface area contributed by atoms with Gasteiger partial charge in [0, 0.05) is 38.4 Å². The average molecular weight is 335 g/mol. The molecule has 2 aromatic heterocycles. The molecule has 0 bridgehead atoms. The van der Waals surface area contributed by atoms with Crippen molar-refractivity contribution in [3.05, 3.63) is 35.4 Å². The molecule has 124 valence electrons. The second-order valence-corrected chi connectivity index (χ2v) is 6.79. The minimum Gasteiger partial charge on any atom is -0.344 e. The van der Waals surface area contributed by atoms with E-state index in [1.165, 1.54) is 18.4 Å².